The lowest BCUT2D eigenvalue weighted by Gasteiger charge is -2.28. The van der Waals surface area contributed by atoms with E-state index in [-0.39, 0.29) is 11.6 Å². The van der Waals surface area contributed by atoms with Crippen molar-refractivity contribution in [1.82, 2.24) is 5.32 Å². The van der Waals surface area contributed by atoms with Crippen molar-refractivity contribution < 1.29 is 8.78 Å². The molecule has 1 N–H and O–H groups in total. The molecule has 1 nitrogen and oxygen atoms in total. The van der Waals surface area contributed by atoms with Crippen LogP contribution in [0.1, 0.15) is 38.7 Å². The van der Waals surface area contributed by atoms with E-state index in [1.807, 2.05) is 6.92 Å². The standard InChI is InChI=1S/C16H22BrF2N/c1-3-20-15(11-6-4-5-10(11)2)9-12-14(18)8-7-13(17)16(12)19/h7-8,10-11,15,20H,3-6,9H2,1-2H3. The van der Waals surface area contributed by atoms with Crippen molar-refractivity contribution in [3.8, 4) is 0 Å². The van der Waals surface area contributed by atoms with Gasteiger partial charge >= 0.3 is 0 Å². The second kappa shape index (κ2) is 6.99. The monoisotopic (exact) mass is 345 g/mol. The van der Waals surface area contributed by atoms with Crippen LogP contribution in [0.4, 0.5) is 8.78 Å². The van der Waals surface area contributed by atoms with Gasteiger partial charge in [0.15, 0.2) is 0 Å². The Kier molecular flexibility index (Phi) is 5.56. The van der Waals surface area contributed by atoms with Crippen LogP contribution in [-0.4, -0.2) is 12.6 Å². The fourth-order valence-corrected chi connectivity index (χ4v) is 3.76. The van der Waals surface area contributed by atoms with Crippen LogP contribution >= 0.6 is 15.9 Å². The first-order valence-corrected chi connectivity index (χ1v) is 8.19. The first kappa shape index (κ1) is 15.9. The van der Waals surface area contributed by atoms with Gasteiger partial charge in [-0.2, -0.15) is 0 Å². The molecule has 3 atom stereocenters. The zero-order valence-electron chi connectivity index (χ0n) is 12.1. The third kappa shape index (κ3) is 3.40. The van der Waals surface area contributed by atoms with Crippen LogP contribution in [0.15, 0.2) is 16.6 Å². The summed E-state index contributed by atoms with van der Waals surface area (Å²) in [5, 5.41) is 3.43. The Morgan fingerprint density at radius 2 is 2.10 bits per heavy atom. The molecule has 1 aliphatic carbocycles. The van der Waals surface area contributed by atoms with Gasteiger partial charge in [-0.25, -0.2) is 8.78 Å². The number of likely N-dealkylation sites (N-methyl/N-ethyl adjacent to an activating group) is 1. The fourth-order valence-electron chi connectivity index (χ4n) is 3.39. The molecule has 112 valence electrons. The second-order valence-electron chi connectivity index (χ2n) is 5.76. The third-order valence-electron chi connectivity index (χ3n) is 4.47. The van der Waals surface area contributed by atoms with Crippen molar-refractivity contribution in [3.63, 3.8) is 0 Å². The maximum absolute atomic E-state index is 14.1. The van der Waals surface area contributed by atoms with Gasteiger partial charge in [0.05, 0.1) is 4.47 Å². The molecule has 1 aliphatic rings. The molecule has 0 aliphatic heterocycles. The summed E-state index contributed by atoms with van der Waals surface area (Å²) in [4.78, 5) is 0. The Morgan fingerprint density at radius 3 is 2.70 bits per heavy atom. The second-order valence-corrected chi connectivity index (χ2v) is 6.62. The van der Waals surface area contributed by atoms with Crippen molar-refractivity contribution in [3.05, 3.63) is 33.8 Å². The Hall–Kier alpha value is -0.480. The largest absolute Gasteiger partial charge is 0.314 e. The summed E-state index contributed by atoms with van der Waals surface area (Å²) in [5.41, 5.74) is 0.199. The average molecular weight is 346 g/mol. The molecule has 0 bridgehead atoms. The molecule has 1 saturated carbocycles. The molecule has 1 fully saturated rings. The summed E-state index contributed by atoms with van der Waals surface area (Å²) in [7, 11) is 0. The van der Waals surface area contributed by atoms with Crippen LogP contribution in [0.5, 0.6) is 0 Å². The van der Waals surface area contributed by atoms with Gasteiger partial charge in [0.1, 0.15) is 11.6 Å². The van der Waals surface area contributed by atoms with Crippen molar-refractivity contribution in [2.24, 2.45) is 11.8 Å². The van der Waals surface area contributed by atoms with E-state index in [1.54, 1.807) is 0 Å². The zero-order chi connectivity index (χ0) is 14.7. The maximum Gasteiger partial charge on any atom is 0.143 e. The summed E-state index contributed by atoms with van der Waals surface area (Å²) in [6.07, 6.45) is 4.00. The van der Waals surface area contributed by atoms with Gasteiger partial charge in [0, 0.05) is 11.6 Å². The molecule has 0 saturated heterocycles. The van der Waals surface area contributed by atoms with E-state index >= 15 is 0 Å². The normalized spacial score (nSPS) is 24.1. The Balaban J connectivity index is 2.22. The number of halogens is 3. The first-order chi connectivity index (χ1) is 9.54. The van der Waals surface area contributed by atoms with Crippen LogP contribution < -0.4 is 5.32 Å². The first-order valence-electron chi connectivity index (χ1n) is 7.40. The Labute approximate surface area is 128 Å². The lowest BCUT2D eigenvalue weighted by atomic mass is 9.86. The maximum atomic E-state index is 14.1. The molecule has 0 aromatic heterocycles. The molecule has 0 amide bonds. The van der Waals surface area contributed by atoms with E-state index in [9.17, 15) is 8.78 Å². The number of hydrogen-bond donors (Lipinski definition) is 1. The quantitative estimate of drug-likeness (QED) is 0.763. The Bertz CT molecular complexity index is 464. The summed E-state index contributed by atoms with van der Waals surface area (Å²) in [6.45, 7) is 5.11. The number of rotatable bonds is 5. The molecule has 0 heterocycles. The highest BCUT2D eigenvalue weighted by molar-refractivity contribution is 9.10. The smallest absolute Gasteiger partial charge is 0.143 e. The van der Waals surface area contributed by atoms with Gasteiger partial charge in [0.2, 0.25) is 0 Å². The third-order valence-corrected chi connectivity index (χ3v) is 5.09. The van der Waals surface area contributed by atoms with Gasteiger partial charge in [-0.15, -0.1) is 0 Å². The van der Waals surface area contributed by atoms with E-state index < -0.39 is 11.6 Å². The van der Waals surface area contributed by atoms with Gasteiger partial charge in [-0.1, -0.05) is 26.7 Å². The topological polar surface area (TPSA) is 12.0 Å². The minimum Gasteiger partial charge on any atom is -0.314 e. The van der Waals surface area contributed by atoms with Crippen molar-refractivity contribution in [2.45, 2.75) is 45.6 Å². The van der Waals surface area contributed by atoms with Crippen molar-refractivity contribution in [2.75, 3.05) is 6.54 Å². The molecule has 20 heavy (non-hydrogen) atoms. The molecular formula is C16H22BrF2N. The van der Waals surface area contributed by atoms with E-state index in [0.29, 0.717) is 22.7 Å². The fraction of sp³-hybridized carbons (Fsp3) is 0.625. The molecule has 3 unspecified atom stereocenters. The van der Waals surface area contributed by atoms with Crippen LogP contribution in [0.3, 0.4) is 0 Å². The average Bonchev–Trinajstić information content (AvgIpc) is 2.84. The lowest BCUT2D eigenvalue weighted by molar-refractivity contribution is 0.294. The van der Waals surface area contributed by atoms with Gasteiger partial charge in [-0.3, -0.25) is 0 Å². The summed E-state index contributed by atoms with van der Waals surface area (Å²) in [6, 6.07) is 2.91. The van der Waals surface area contributed by atoms with E-state index in [0.717, 1.165) is 13.0 Å². The van der Waals surface area contributed by atoms with E-state index in [2.05, 4.69) is 28.2 Å². The predicted molar refractivity (Wildman–Crippen MR) is 81.7 cm³/mol. The number of hydrogen-bond acceptors (Lipinski definition) is 1. The lowest BCUT2D eigenvalue weighted by Crippen LogP contribution is -2.39. The van der Waals surface area contributed by atoms with E-state index in [4.69, 9.17) is 0 Å². The summed E-state index contributed by atoms with van der Waals surface area (Å²) in [5.74, 6) is 0.225. The highest BCUT2D eigenvalue weighted by Gasteiger charge is 2.31. The van der Waals surface area contributed by atoms with Crippen LogP contribution in [0.25, 0.3) is 0 Å². The number of nitrogens with one attached hydrogen (secondary N) is 1. The Morgan fingerprint density at radius 1 is 1.35 bits per heavy atom. The zero-order valence-corrected chi connectivity index (χ0v) is 13.6. The van der Waals surface area contributed by atoms with Gasteiger partial charge in [0.25, 0.3) is 0 Å². The van der Waals surface area contributed by atoms with Crippen molar-refractivity contribution in [1.29, 1.82) is 0 Å². The molecule has 1 aromatic carbocycles. The summed E-state index contributed by atoms with van der Waals surface area (Å²) >= 11 is 3.14. The SMILES string of the molecule is CCNC(Cc1c(F)ccc(Br)c1F)C1CCCC1C. The van der Waals surface area contributed by atoms with Crippen LogP contribution in [-0.2, 0) is 6.42 Å². The minimum atomic E-state index is -0.460. The minimum absolute atomic E-state index is 0.149. The van der Waals surface area contributed by atoms with Crippen molar-refractivity contribution >= 4 is 15.9 Å². The molecule has 4 heteroatoms. The predicted octanol–water partition coefficient (Wildman–Crippen LogP) is 4.68. The molecule has 2 rings (SSSR count). The van der Waals surface area contributed by atoms with Gasteiger partial charge < -0.3 is 5.32 Å². The van der Waals surface area contributed by atoms with Crippen LogP contribution in [0, 0.1) is 23.5 Å². The highest BCUT2D eigenvalue weighted by atomic mass is 79.9. The summed E-state index contributed by atoms with van der Waals surface area (Å²) < 4.78 is 28.4. The molecule has 1 aromatic rings. The molecule has 0 spiro atoms. The molecular weight excluding hydrogens is 324 g/mol. The van der Waals surface area contributed by atoms with E-state index in [1.165, 1.54) is 25.0 Å². The van der Waals surface area contributed by atoms with Crippen LogP contribution in [0.2, 0.25) is 0 Å². The molecule has 0 radical (unpaired) electrons. The van der Waals surface area contributed by atoms with Gasteiger partial charge in [-0.05, 0) is 59.3 Å². The highest BCUT2D eigenvalue weighted by Crippen LogP contribution is 2.35. The number of benzene rings is 1.